The number of thiophene rings is 1. The minimum Gasteiger partial charge on any atom is -0.291 e. The number of hydrogen-bond acceptors (Lipinski definition) is 3. The molecule has 0 amide bonds. The Hall–Kier alpha value is -1.61. The first-order valence-corrected chi connectivity index (χ1v) is 8.15. The van der Waals surface area contributed by atoms with Crippen molar-refractivity contribution in [1.29, 1.82) is 0 Å². The van der Waals surface area contributed by atoms with E-state index < -0.39 is 0 Å². The smallest absolute Gasteiger partial charge is 0.0893 e. The Balaban J connectivity index is 1.80. The number of benzene rings is 1. The first-order valence-electron chi connectivity index (χ1n) is 7.27. The molecule has 1 aromatic heterocycles. The Morgan fingerprint density at radius 2 is 2.10 bits per heavy atom. The van der Waals surface area contributed by atoms with Crippen molar-refractivity contribution in [3.63, 3.8) is 0 Å². The van der Waals surface area contributed by atoms with Crippen molar-refractivity contribution >= 4 is 17.0 Å². The molecule has 0 saturated carbocycles. The number of nitrogens with zero attached hydrogens (tertiary/aromatic N) is 2. The lowest BCUT2D eigenvalue weighted by Gasteiger charge is -2.23. The molecule has 2 aromatic rings. The molecule has 102 valence electrons. The summed E-state index contributed by atoms with van der Waals surface area (Å²) >= 11 is 1.85. The lowest BCUT2D eigenvalue weighted by molar-refractivity contribution is 0.247. The van der Waals surface area contributed by atoms with Crippen molar-refractivity contribution in [2.24, 2.45) is 11.0 Å². The van der Waals surface area contributed by atoms with Gasteiger partial charge in [-0.1, -0.05) is 30.3 Å². The standard InChI is InChI=1S/C17H18N2S/c1-19-17(15-10-5-11-20-15)14-9-4-7-12-6-2-3-8-13(12)16(14)18-19/h2-3,5-6,8,10-11,14,17H,4,7,9H2,1H3/t14-,17-/m0/s1. The third kappa shape index (κ3) is 1.80. The van der Waals surface area contributed by atoms with Gasteiger partial charge in [0, 0.05) is 23.4 Å². The van der Waals surface area contributed by atoms with Crippen molar-refractivity contribution in [2.45, 2.75) is 25.3 Å². The molecule has 2 nitrogen and oxygen atoms in total. The molecule has 0 unspecified atom stereocenters. The third-order valence-electron chi connectivity index (χ3n) is 4.49. The number of hydrazone groups is 1. The molecule has 0 radical (unpaired) electrons. The molecule has 0 spiro atoms. The molecule has 1 aromatic carbocycles. The van der Waals surface area contributed by atoms with Crippen molar-refractivity contribution < 1.29 is 0 Å². The molecule has 1 aliphatic carbocycles. The SMILES string of the molecule is CN1N=C2c3ccccc3CCC[C@@H]2[C@H]1c1cccs1. The normalized spacial score (nSPS) is 24.9. The summed E-state index contributed by atoms with van der Waals surface area (Å²) in [5.41, 5.74) is 4.15. The maximum Gasteiger partial charge on any atom is 0.0893 e. The predicted molar refractivity (Wildman–Crippen MR) is 84.2 cm³/mol. The quantitative estimate of drug-likeness (QED) is 0.769. The van der Waals surface area contributed by atoms with Gasteiger partial charge in [-0.3, -0.25) is 5.01 Å². The zero-order valence-corrected chi connectivity index (χ0v) is 12.4. The zero-order chi connectivity index (χ0) is 13.5. The van der Waals surface area contributed by atoms with E-state index in [-0.39, 0.29) is 0 Å². The summed E-state index contributed by atoms with van der Waals surface area (Å²) in [5.74, 6) is 0.544. The van der Waals surface area contributed by atoms with E-state index in [1.807, 2.05) is 11.3 Å². The minimum absolute atomic E-state index is 0.427. The molecule has 1 aliphatic heterocycles. The Labute approximate surface area is 123 Å². The van der Waals surface area contributed by atoms with Gasteiger partial charge in [-0.2, -0.15) is 5.10 Å². The highest BCUT2D eigenvalue weighted by atomic mass is 32.1. The van der Waals surface area contributed by atoms with E-state index in [1.165, 1.54) is 41.0 Å². The van der Waals surface area contributed by atoms with Crippen LogP contribution in [0.5, 0.6) is 0 Å². The lowest BCUT2D eigenvalue weighted by atomic mass is 9.88. The van der Waals surface area contributed by atoms with Gasteiger partial charge in [0.15, 0.2) is 0 Å². The summed E-state index contributed by atoms with van der Waals surface area (Å²) in [6.45, 7) is 0. The monoisotopic (exact) mass is 282 g/mol. The molecule has 0 N–H and O–H groups in total. The highest BCUT2D eigenvalue weighted by Gasteiger charge is 2.39. The van der Waals surface area contributed by atoms with Gasteiger partial charge in [0.1, 0.15) is 0 Å². The van der Waals surface area contributed by atoms with Crippen LogP contribution in [0.15, 0.2) is 46.9 Å². The topological polar surface area (TPSA) is 15.6 Å². The summed E-state index contributed by atoms with van der Waals surface area (Å²) in [5, 5.41) is 9.25. The van der Waals surface area contributed by atoms with E-state index in [0.717, 1.165) is 0 Å². The predicted octanol–water partition coefficient (Wildman–Crippen LogP) is 4.09. The van der Waals surface area contributed by atoms with Crippen molar-refractivity contribution in [1.82, 2.24) is 5.01 Å². The van der Waals surface area contributed by atoms with Crippen LogP contribution in [-0.2, 0) is 6.42 Å². The van der Waals surface area contributed by atoms with Gasteiger partial charge in [-0.15, -0.1) is 11.3 Å². The summed E-state index contributed by atoms with van der Waals surface area (Å²) in [6.07, 6.45) is 3.68. The van der Waals surface area contributed by atoms with Gasteiger partial charge < -0.3 is 0 Å². The van der Waals surface area contributed by atoms with Gasteiger partial charge in [-0.25, -0.2) is 0 Å². The fourth-order valence-electron chi connectivity index (χ4n) is 3.61. The van der Waals surface area contributed by atoms with E-state index in [2.05, 4.69) is 53.8 Å². The largest absolute Gasteiger partial charge is 0.291 e. The molecular formula is C17H18N2S. The third-order valence-corrected chi connectivity index (χ3v) is 5.43. The summed E-state index contributed by atoms with van der Waals surface area (Å²) in [4.78, 5) is 1.44. The number of rotatable bonds is 1. The molecule has 0 bridgehead atoms. The van der Waals surface area contributed by atoms with Gasteiger partial charge in [0.05, 0.1) is 11.8 Å². The lowest BCUT2D eigenvalue weighted by Crippen LogP contribution is -2.22. The number of hydrogen-bond donors (Lipinski definition) is 0. The minimum atomic E-state index is 0.427. The fraction of sp³-hybridized carbons (Fsp3) is 0.353. The van der Waals surface area contributed by atoms with Crippen LogP contribution in [0.3, 0.4) is 0 Å². The van der Waals surface area contributed by atoms with Gasteiger partial charge in [0.2, 0.25) is 0 Å². The molecule has 2 atom stereocenters. The molecular weight excluding hydrogens is 264 g/mol. The Kier molecular flexibility index (Phi) is 2.88. The second-order valence-electron chi connectivity index (χ2n) is 5.68. The van der Waals surface area contributed by atoms with Crippen LogP contribution >= 0.6 is 11.3 Å². The van der Waals surface area contributed by atoms with E-state index in [9.17, 15) is 0 Å². The Bertz CT molecular complexity index is 645. The van der Waals surface area contributed by atoms with E-state index in [0.29, 0.717) is 12.0 Å². The molecule has 0 saturated heterocycles. The van der Waals surface area contributed by atoms with Crippen LogP contribution in [0.4, 0.5) is 0 Å². The molecule has 2 heterocycles. The summed E-state index contributed by atoms with van der Waals surface area (Å²) in [6, 6.07) is 13.6. The van der Waals surface area contributed by atoms with E-state index in [4.69, 9.17) is 5.10 Å². The first-order chi connectivity index (χ1) is 9.84. The zero-order valence-electron chi connectivity index (χ0n) is 11.6. The fourth-order valence-corrected chi connectivity index (χ4v) is 4.53. The second-order valence-corrected chi connectivity index (χ2v) is 6.65. The van der Waals surface area contributed by atoms with Gasteiger partial charge >= 0.3 is 0 Å². The average molecular weight is 282 g/mol. The van der Waals surface area contributed by atoms with E-state index in [1.54, 1.807) is 0 Å². The maximum absolute atomic E-state index is 4.91. The Morgan fingerprint density at radius 3 is 2.95 bits per heavy atom. The van der Waals surface area contributed by atoms with Crippen LogP contribution in [0, 0.1) is 5.92 Å². The highest BCUT2D eigenvalue weighted by molar-refractivity contribution is 7.10. The van der Waals surface area contributed by atoms with E-state index >= 15 is 0 Å². The van der Waals surface area contributed by atoms with Gasteiger partial charge in [0.25, 0.3) is 0 Å². The van der Waals surface area contributed by atoms with Crippen LogP contribution in [0.2, 0.25) is 0 Å². The average Bonchev–Trinajstić information content (AvgIpc) is 3.03. The molecule has 3 heteroatoms. The van der Waals surface area contributed by atoms with Crippen LogP contribution in [0.1, 0.15) is 34.9 Å². The summed E-state index contributed by atoms with van der Waals surface area (Å²) < 4.78 is 0. The van der Waals surface area contributed by atoms with Crippen molar-refractivity contribution in [2.75, 3.05) is 7.05 Å². The van der Waals surface area contributed by atoms with Crippen LogP contribution < -0.4 is 0 Å². The summed E-state index contributed by atoms with van der Waals surface area (Å²) in [7, 11) is 2.12. The Morgan fingerprint density at radius 1 is 1.20 bits per heavy atom. The molecule has 0 fully saturated rings. The second kappa shape index (κ2) is 4.74. The van der Waals surface area contributed by atoms with Gasteiger partial charge in [-0.05, 0) is 36.3 Å². The van der Waals surface area contributed by atoms with Crippen molar-refractivity contribution in [3.8, 4) is 0 Å². The highest BCUT2D eigenvalue weighted by Crippen LogP contribution is 2.42. The van der Waals surface area contributed by atoms with Crippen LogP contribution in [-0.4, -0.2) is 17.8 Å². The first kappa shape index (κ1) is 12.2. The number of fused-ring (bicyclic) bond motifs is 3. The molecule has 2 aliphatic rings. The maximum atomic E-state index is 4.91. The van der Waals surface area contributed by atoms with Crippen LogP contribution in [0.25, 0.3) is 0 Å². The molecule has 4 rings (SSSR count). The number of aryl methyl sites for hydroxylation is 1. The molecule has 20 heavy (non-hydrogen) atoms. The van der Waals surface area contributed by atoms with Crippen molar-refractivity contribution in [3.05, 3.63) is 57.8 Å².